The third-order valence-corrected chi connectivity index (χ3v) is 6.26. The minimum absolute atomic E-state index is 0.0838. The van der Waals surface area contributed by atoms with Gasteiger partial charge in [0.15, 0.2) is 5.75 Å². The molecule has 34 heavy (non-hydrogen) atoms. The van der Waals surface area contributed by atoms with Crippen molar-refractivity contribution in [2.45, 2.75) is 6.61 Å². The van der Waals surface area contributed by atoms with Gasteiger partial charge in [0.1, 0.15) is 24.8 Å². The largest absolute Gasteiger partial charge is 0.492 e. The molecule has 1 aliphatic rings. The number of benzene rings is 3. The molecule has 0 unspecified atom stereocenters. The molecule has 0 aromatic heterocycles. The fourth-order valence-electron chi connectivity index (χ4n) is 3.20. The lowest BCUT2D eigenvalue weighted by Gasteiger charge is -2.13. The quantitative estimate of drug-likeness (QED) is 0.306. The molecule has 174 valence electrons. The van der Waals surface area contributed by atoms with E-state index in [1.165, 1.54) is 12.1 Å². The van der Waals surface area contributed by atoms with Crippen LogP contribution in [-0.4, -0.2) is 29.2 Å². The number of carbonyl (C=O) groups excluding carboxylic acids is 2. The zero-order valence-electron chi connectivity index (χ0n) is 17.7. The second-order valence-electron chi connectivity index (χ2n) is 7.23. The van der Waals surface area contributed by atoms with Crippen LogP contribution in [0.25, 0.3) is 6.08 Å². The van der Waals surface area contributed by atoms with Gasteiger partial charge in [-0.15, -0.1) is 0 Å². The Morgan fingerprint density at radius 1 is 0.941 bits per heavy atom. The van der Waals surface area contributed by atoms with Crippen LogP contribution >= 0.6 is 35.0 Å². The number of hydrogen-bond acceptors (Lipinski definition) is 5. The van der Waals surface area contributed by atoms with Crippen LogP contribution in [0.1, 0.15) is 11.1 Å². The van der Waals surface area contributed by atoms with Gasteiger partial charge in [0.25, 0.3) is 11.1 Å². The van der Waals surface area contributed by atoms with Crippen LogP contribution in [0.2, 0.25) is 10.0 Å². The molecule has 0 aliphatic carbocycles. The normalized spacial score (nSPS) is 14.7. The molecule has 1 aliphatic heterocycles. The van der Waals surface area contributed by atoms with Crippen LogP contribution in [0, 0.1) is 5.82 Å². The van der Waals surface area contributed by atoms with E-state index >= 15 is 0 Å². The van der Waals surface area contributed by atoms with Gasteiger partial charge in [-0.25, -0.2) is 4.39 Å². The van der Waals surface area contributed by atoms with Crippen LogP contribution in [0.5, 0.6) is 11.5 Å². The molecule has 1 fully saturated rings. The highest BCUT2D eigenvalue weighted by molar-refractivity contribution is 8.18. The third-order valence-electron chi connectivity index (χ3n) is 4.79. The highest BCUT2D eigenvalue weighted by Crippen LogP contribution is 2.37. The molecule has 1 heterocycles. The average molecular weight is 518 g/mol. The Bertz CT molecular complexity index is 1230. The Morgan fingerprint density at radius 3 is 2.38 bits per heavy atom. The van der Waals surface area contributed by atoms with E-state index in [9.17, 15) is 14.0 Å². The topological polar surface area (TPSA) is 55.8 Å². The van der Waals surface area contributed by atoms with E-state index in [-0.39, 0.29) is 51.5 Å². The van der Waals surface area contributed by atoms with Crippen molar-refractivity contribution in [3.63, 3.8) is 0 Å². The van der Waals surface area contributed by atoms with Crippen LogP contribution < -0.4 is 9.47 Å². The lowest BCUT2D eigenvalue weighted by atomic mass is 10.2. The minimum Gasteiger partial charge on any atom is -0.492 e. The molecule has 2 amide bonds. The zero-order valence-corrected chi connectivity index (χ0v) is 20.0. The number of ether oxygens (including phenoxy) is 2. The summed E-state index contributed by atoms with van der Waals surface area (Å²) in [5.74, 6) is 0.129. The van der Waals surface area contributed by atoms with Crippen molar-refractivity contribution in [3.8, 4) is 11.5 Å². The molecule has 0 spiro atoms. The van der Waals surface area contributed by atoms with Crippen LogP contribution in [0.3, 0.4) is 0 Å². The summed E-state index contributed by atoms with van der Waals surface area (Å²) in [6, 6.07) is 18.3. The van der Waals surface area contributed by atoms with E-state index in [0.29, 0.717) is 16.9 Å². The second kappa shape index (κ2) is 11.0. The first-order valence-electron chi connectivity index (χ1n) is 10.2. The number of thioether (sulfide) groups is 1. The number of rotatable bonds is 8. The maximum Gasteiger partial charge on any atom is 0.293 e. The number of amides is 2. The predicted octanol–water partition coefficient (Wildman–Crippen LogP) is 6.83. The summed E-state index contributed by atoms with van der Waals surface area (Å²) in [4.78, 5) is 26.5. The smallest absolute Gasteiger partial charge is 0.293 e. The number of para-hydroxylation sites is 1. The summed E-state index contributed by atoms with van der Waals surface area (Å²) < 4.78 is 24.6. The molecule has 9 heteroatoms. The molecule has 4 rings (SSSR count). The van der Waals surface area contributed by atoms with Crippen molar-refractivity contribution in [3.05, 3.63) is 98.6 Å². The fourth-order valence-corrected chi connectivity index (χ4v) is 4.68. The van der Waals surface area contributed by atoms with Crippen molar-refractivity contribution in [2.24, 2.45) is 0 Å². The minimum atomic E-state index is -0.412. The molecule has 0 N–H and O–H groups in total. The van der Waals surface area contributed by atoms with Crippen LogP contribution in [0.4, 0.5) is 9.18 Å². The number of imide groups is 1. The summed E-state index contributed by atoms with van der Waals surface area (Å²) in [6.45, 7) is 0.399. The molecular formula is C25H18Cl2FNO4S. The van der Waals surface area contributed by atoms with Gasteiger partial charge in [-0.05, 0) is 65.4 Å². The van der Waals surface area contributed by atoms with Crippen molar-refractivity contribution in [1.82, 2.24) is 4.90 Å². The van der Waals surface area contributed by atoms with Gasteiger partial charge < -0.3 is 9.47 Å². The van der Waals surface area contributed by atoms with Crippen LogP contribution in [-0.2, 0) is 11.4 Å². The summed E-state index contributed by atoms with van der Waals surface area (Å²) in [5, 5.41) is 0.0800. The summed E-state index contributed by atoms with van der Waals surface area (Å²) in [7, 11) is 0. The number of hydrogen-bond donors (Lipinski definition) is 0. The van der Waals surface area contributed by atoms with E-state index in [4.69, 9.17) is 32.7 Å². The van der Waals surface area contributed by atoms with E-state index in [0.717, 1.165) is 16.7 Å². The first kappa shape index (κ1) is 24.1. The summed E-state index contributed by atoms with van der Waals surface area (Å²) >= 11 is 13.5. The zero-order chi connectivity index (χ0) is 24.1. The SMILES string of the molecule is O=C1S/C(=C\c2cc(Cl)c(OCc3cccc(F)c3)c(Cl)c2)C(=O)N1CCOc1ccccc1. The van der Waals surface area contributed by atoms with Gasteiger partial charge in [-0.1, -0.05) is 53.5 Å². The standard InChI is InChI=1S/C25H18Cl2FNO4S/c26-20-12-17(13-21(27)23(20)33-15-16-5-4-6-18(28)11-16)14-22-24(30)29(25(31)34-22)9-10-32-19-7-2-1-3-8-19/h1-8,11-14H,9-10,15H2/b22-14-. The maximum absolute atomic E-state index is 13.4. The average Bonchev–Trinajstić information content (AvgIpc) is 3.06. The first-order valence-corrected chi connectivity index (χ1v) is 11.8. The van der Waals surface area contributed by atoms with Gasteiger partial charge >= 0.3 is 0 Å². The highest BCUT2D eigenvalue weighted by Gasteiger charge is 2.34. The van der Waals surface area contributed by atoms with Crippen molar-refractivity contribution < 1.29 is 23.5 Å². The molecule has 0 radical (unpaired) electrons. The number of carbonyl (C=O) groups is 2. The lowest BCUT2D eigenvalue weighted by Crippen LogP contribution is -2.32. The second-order valence-corrected chi connectivity index (χ2v) is 9.03. The van der Waals surface area contributed by atoms with Crippen molar-refractivity contribution in [1.29, 1.82) is 0 Å². The van der Waals surface area contributed by atoms with Gasteiger partial charge in [0, 0.05) is 0 Å². The summed E-state index contributed by atoms with van der Waals surface area (Å²) in [5.41, 5.74) is 1.17. The van der Waals surface area contributed by atoms with E-state index in [1.54, 1.807) is 42.5 Å². The molecule has 3 aromatic rings. The fraction of sp³-hybridized carbons (Fsp3) is 0.120. The number of halogens is 3. The van der Waals surface area contributed by atoms with E-state index < -0.39 is 5.91 Å². The molecule has 3 aromatic carbocycles. The monoisotopic (exact) mass is 517 g/mol. The Hall–Kier alpha value is -3.00. The number of nitrogens with zero attached hydrogens (tertiary/aromatic N) is 1. The third kappa shape index (κ3) is 5.91. The predicted molar refractivity (Wildman–Crippen MR) is 132 cm³/mol. The van der Waals surface area contributed by atoms with Gasteiger partial charge in [0.05, 0.1) is 21.5 Å². The van der Waals surface area contributed by atoms with Crippen LogP contribution in [0.15, 0.2) is 71.6 Å². The maximum atomic E-state index is 13.4. The molecular weight excluding hydrogens is 500 g/mol. The molecule has 1 saturated heterocycles. The molecule has 0 saturated carbocycles. The lowest BCUT2D eigenvalue weighted by molar-refractivity contribution is -0.123. The van der Waals surface area contributed by atoms with Crippen molar-refractivity contribution in [2.75, 3.05) is 13.2 Å². The van der Waals surface area contributed by atoms with E-state index in [2.05, 4.69) is 0 Å². The van der Waals surface area contributed by atoms with Gasteiger partial charge in [-0.3, -0.25) is 14.5 Å². The van der Waals surface area contributed by atoms with Gasteiger partial charge in [0.2, 0.25) is 0 Å². The first-order chi connectivity index (χ1) is 16.4. The Balaban J connectivity index is 1.41. The Kier molecular flexibility index (Phi) is 7.77. The molecule has 0 bridgehead atoms. The van der Waals surface area contributed by atoms with E-state index in [1.807, 2.05) is 18.2 Å². The van der Waals surface area contributed by atoms with Crippen molar-refractivity contribution >= 4 is 52.2 Å². The Labute approximate surface area is 210 Å². The highest BCUT2D eigenvalue weighted by atomic mass is 35.5. The molecule has 0 atom stereocenters. The molecule has 5 nitrogen and oxygen atoms in total. The Morgan fingerprint density at radius 2 is 1.68 bits per heavy atom. The summed E-state index contributed by atoms with van der Waals surface area (Å²) in [6.07, 6.45) is 1.55. The van der Waals surface area contributed by atoms with Gasteiger partial charge in [-0.2, -0.15) is 0 Å².